The zero-order valence-electron chi connectivity index (χ0n) is 18.2. The molecule has 0 bridgehead atoms. The van der Waals surface area contributed by atoms with E-state index in [4.69, 9.17) is 8.83 Å². The van der Waals surface area contributed by atoms with Crippen molar-refractivity contribution in [2.24, 2.45) is 0 Å². The molecule has 1 N–H and O–H groups in total. The third kappa shape index (κ3) is 4.32. The van der Waals surface area contributed by atoms with Crippen LogP contribution in [0.5, 0.6) is 0 Å². The molecular formula is C25H24N4O4. The first-order valence-electron chi connectivity index (χ1n) is 10.9. The summed E-state index contributed by atoms with van der Waals surface area (Å²) >= 11 is 0. The number of likely N-dealkylation sites (tertiary alicyclic amines) is 1. The fourth-order valence-corrected chi connectivity index (χ4v) is 4.06. The van der Waals surface area contributed by atoms with Gasteiger partial charge in [0, 0.05) is 25.3 Å². The van der Waals surface area contributed by atoms with Crippen LogP contribution in [-0.2, 0) is 0 Å². The molecule has 0 atom stereocenters. The van der Waals surface area contributed by atoms with E-state index in [-0.39, 0.29) is 17.9 Å². The lowest BCUT2D eigenvalue weighted by atomic mass is 10.0. The van der Waals surface area contributed by atoms with Crippen molar-refractivity contribution in [2.45, 2.75) is 25.8 Å². The maximum Gasteiger partial charge on any atom is 0.257 e. The number of nitrogens with zero attached hydrogens (tertiary/aromatic N) is 3. The van der Waals surface area contributed by atoms with Crippen molar-refractivity contribution >= 4 is 11.8 Å². The molecule has 0 radical (unpaired) electrons. The zero-order chi connectivity index (χ0) is 22.8. The van der Waals surface area contributed by atoms with Crippen LogP contribution in [0.2, 0.25) is 0 Å². The summed E-state index contributed by atoms with van der Waals surface area (Å²) in [4.78, 5) is 27.6. The van der Waals surface area contributed by atoms with Crippen molar-refractivity contribution in [1.29, 1.82) is 0 Å². The SMILES string of the molecule is Cc1ccc(-c2nn(-c3ccccc3)cc2C(=O)NC2CCN(C(=O)c3ccoc3)CC2)o1. The summed E-state index contributed by atoms with van der Waals surface area (Å²) in [6, 6.07) is 14.9. The van der Waals surface area contributed by atoms with E-state index in [0.29, 0.717) is 48.5 Å². The molecule has 0 unspecified atom stereocenters. The zero-order valence-corrected chi connectivity index (χ0v) is 18.2. The summed E-state index contributed by atoms with van der Waals surface area (Å²) in [7, 11) is 0. The monoisotopic (exact) mass is 444 g/mol. The standard InChI is InChI=1S/C25H24N4O4/c1-17-7-8-22(33-17)23-21(15-29(27-23)20-5-3-2-4-6-20)24(30)26-19-9-12-28(13-10-19)25(31)18-11-14-32-16-18/h2-8,11,14-16,19H,9-10,12-13H2,1H3,(H,26,30). The molecule has 2 amide bonds. The molecule has 8 nitrogen and oxygen atoms in total. The van der Waals surface area contributed by atoms with Crippen molar-refractivity contribution in [3.05, 3.63) is 84.1 Å². The Morgan fingerprint density at radius 1 is 1.06 bits per heavy atom. The van der Waals surface area contributed by atoms with E-state index in [1.54, 1.807) is 21.8 Å². The molecule has 1 saturated heterocycles. The number of para-hydroxylation sites is 1. The van der Waals surface area contributed by atoms with Crippen molar-refractivity contribution < 1.29 is 18.4 Å². The first-order chi connectivity index (χ1) is 16.1. The highest BCUT2D eigenvalue weighted by Gasteiger charge is 2.27. The van der Waals surface area contributed by atoms with Crippen LogP contribution in [0.1, 0.15) is 39.3 Å². The normalized spacial score (nSPS) is 14.4. The van der Waals surface area contributed by atoms with Gasteiger partial charge in [-0.3, -0.25) is 9.59 Å². The van der Waals surface area contributed by atoms with Crippen molar-refractivity contribution in [2.75, 3.05) is 13.1 Å². The van der Waals surface area contributed by atoms with Crippen LogP contribution in [0.3, 0.4) is 0 Å². The molecule has 1 aromatic carbocycles. The number of nitrogens with one attached hydrogen (secondary N) is 1. The van der Waals surface area contributed by atoms with E-state index >= 15 is 0 Å². The maximum atomic E-state index is 13.3. The minimum Gasteiger partial charge on any atom is -0.472 e. The number of hydrogen-bond acceptors (Lipinski definition) is 5. The maximum absolute atomic E-state index is 13.3. The Morgan fingerprint density at radius 3 is 2.52 bits per heavy atom. The largest absolute Gasteiger partial charge is 0.472 e. The lowest BCUT2D eigenvalue weighted by Gasteiger charge is -2.32. The van der Waals surface area contributed by atoms with Gasteiger partial charge in [-0.15, -0.1) is 0 Å². The molecular weight excluding hydrogens is 420 g/mol. The second-order valence-corrected chi connectivity index (χ2v) is 8.13. The molecule has 0 aliphatic carbocycles. The molecule has 1 aliphatic rings. The Bertz CT molecular complexity index is 1250. The molecule has 1 aliphatic heterocycles. The smallest absolute Gasteiger partial charge is 0.257 e. The van der Waals surface area contributed by atoms with Gasteiger partial charge < -0.3 is 19.1 Å². The number of piperidine rings is 1. The third-order valence-electron chi connectivity index (χ3n) is 5.84. The second kappa shape index (κ2) is 8.82. The summed E-state index contributed by atoms with van der Waals surface area (Å²) in [6.07, 6.45) is 6.04. The molecule has 8 heteroatoms. The van der Waals surface area contributed by atoms with Crippen LogP contribution in [0.15, 0.2) is 76.1 Å². The first-order valence-corrected chi connectivity index (χ1v) is 10.9. The number of rotatable bonds is 5. The number of hydrogen-bond donors (Lipinski definition) is 1. The van der Waals surface area contributed by atoms with Crippen LogP contribution < -0.4 is 5.32 Å². The van der Waals surface area contributed by atoms with Gasteiger partial charge in [0.15, 0.2) is 5.76 Å². The summed E-state index contributed by atoms with van der Waals surface area (Å²) < 4.78 is 12.5. The van der Waals surface area contributed by atoms with E-state index in [2.05, 4.69) is 10.4 Å². The number of furan rings is 2. The van der Waals surface area contributed by atoms with Gasteiger partial charge in [-0.05, 0) is 50.1 Å². The van der Waals surface area contributed by atoms with E-state index < -0.39 is 0 Å². The fraction of sp³-hybridized carbons (Fsp3) is 0.240. The third-order valence-corrected chi connectivity index (χ3v) is 5.84. The highest BCUT2D eigenvalue weighted by molar-refractivity contribution is 5.99. The van der Waals surface area contributed by atoms with Crippen molar-refractivity contribution in [3.8, 4) is 17.1 Å². The first kappa shape index (κ1) is 20.8. The fourth-order valence-electron chi connectivity index (χ4n) is 4.06. The van der Waals surface area contributed by atoms with Crippen molar-refractivity contribution in [3.63, 3.8) is 0 Å². The quantitative estimate of drug-likeness (QED) is 0.501. The minimum atomic E-state index is -0.208. The average molecular weight is 444 g/mol. The summed E-state index contributed by atoms with van der Waals surface area (Å²) in [5, 5.41) is 7.76. The lowest BCUT2D eigenvalue weighted by molar-refractivity contribution is 0.0697. The second-order valence-electron chi connectivity index (χ2n) is 8.13. The number of aryl methyl sites for hydroxylation is 1. The van der Waals surface area contributed by atoms with Gasteiger partial charge in [0.25, 0.3) is 11.8 Å². The predicted molar refractivity (Wildman–Crippen MR) is 121 cm³/mol. The number of benzene rings is 1. The van der Waals surface area contributed by atoms with Crippen molar-refractivity contribution in [1.82, 2.24) is 20.0 Å². The van der Waals surface area contributed by atoms with Crippen LogP contribution in [-0.4, -0.2) is 45.6 Å². The Labute approximate surface area is 190 Å². The molecule has 4 aromatic rings. The van der Waals surface area contributed by atoms with E-state index in [1.165, 1.54) is 12.5 Å². The topological polar surface area (TPSA) is 93.5 Å². The Kier molecular flexibility index (Phi) is 5.56. The number of aromatic nitrogens is 2. The van der Waals surface area contributed by atoms with Gasteiger partial charge >= 0.3 is 0 Å². The summed E-state index contributed by atoms with van der Waals surface area (Å²) in [5.74, 6) is 1.04. The average Bonchev–Trinajstić information content (AvgIpc) is 3.60. The van der Waals surface area contributed by atoms with Crippen LogP contribution >= 0.6 is 0 Å². The lowest BCUT2D eigenvalue weighted by Crippen LogP contribution is -2.46. The Balaban J connectivity index is 1.32. The van der Waals surface area contributed by atoms with E-state index in [0.717, 1.165) is 11.4 Å². The molecule has 33 heavy (non-hydrogen) atoms. The van der Waals surface area contributed by atoms with Gasteiger partial charge in [-0.1, -0.05) is 18.2 Å². The summed E-state index contributed by atoms with van der Waals surface area (Å²) in [6.45, 7) is 3.00. The number of carbonyl (C=O) groups excluding carboxylic acids is 2. The molecule has 3 aromatic heterocycles. The highest BCUT2D eigenvalue weighted by atomic mass is 16.3. The molecule has 0 spiro atoms. The number of carbonyl (C=O) groups is 2. The van der Waals surface area contributed by atoms with Crippen LogP contribution in [0, 0.1) is 6.92 Å². The van der Waals surface area contributed by atoms with Crippen LogP contribution in [0.25, 0.3) is 17.1 Å². The Morgan fingerprint density at radius 2 is 1.85 bits per heavy atom. The number of amides is 2. The van der Waals surface area contributed by atoms with E-state index in [9.17, 15) is 9.59 Å². The molecule has 0 saturated carbocycles. The van der Waals surface area contributed by atoms with E-state index in [1.807, 2.05) is 49.4 Å². The molecule has 1 fully saturated rings. The highest BCUT2D eigenvalue weighted by Crippen LogP contribution is 2.26. The predicted octanol–water partition coefficient (Wildman–Crippen LogP) is 4.07. The summed E-state index contributed by atoms with van der Waals surface area (Å²) in [5.41, 5.74) is 2.35. The molecule has 5 rings (SSSR count). The van der Waals surface area contributed by atoms with Gasteiger partial charge in [-0.25, -0.2) is 4.68 Å². The van der Waals surface area contributed by atoms with Gasteiger partial charge in [0.2, 0.25) is 0 Å². The van der Waals surface area contributed by atoms with Crippen LogP contribution in [0.4, 0.5) is 0 Å². The van der Waals surface area contributed by atoms with Gasteiger partial charge in [0.1, 0.15) is 17.7 Å². The molecule has 4 heterocycles. The van der Waals surface area contributed by atoms with Gasteiger partial charge in [0.05, 0.1) is 23.1 Å². The Hall–Kier alpha value is -4.07. The minimum absolute atomic E-state index is 0.0304. The molecule has 168 valence electrons. The van der Waals surface area contributed by atoms with Gasteiger partial charge in [-0.2, -0.15) is 5.10 Å².